The molecule has 2 heterocycles. The highest BCUT2D eigenvalue weighted by molar-refractivity contribution is 5.87. The van der Waals surface area contributed by atoms with Crippen molar-refractivity contribution in [3.05, 3.63) is 65.2 Å². The second-order valence-corrected chi connectivity index (χ2v) is 4.29. The second-order valence-electron chi connectivity index (χ2n) is 4.29. The van der Waals surface area contributed by atoms with E-state index < -0.39 is 0 Å². The van der Waals surface area contributed by atoms with Crippen molar-refractivity contribution in [3.63, 3.8) is 0 Å². The zero-order valence-corrected chi connectivity index (χ0v) is 10.3. The number of hydrogen-bond acceptors (Lipinski definition) is 2. The van der Waals surface area contributed by atoms with Crippen LogP contribution in [0.4, 0.5) is 0 Å². The monoisotopic (exact) mass is 251 g/mol. The number of aromatic nitrogens is 3. The maximum Gasteiger partial charge on any atom is 0.275 e. The van der Waals surface area contributed by atoms with Gasteiger partial charge in [0.2, 0.25) is 0 Å². The van der Waals surface area contributed by atoms with Crippen LogP contribution in [0.25, 0.3) is 22.3 Å². The number of benzene rings is 1. The summed E-state index contributed by atoms with van der Waals surface area (Å²) in [4.78, 5) is 21.9. The van der Waals surface area contributed by atoms with Crippen molar-refractivity contribution >= 4 is 11.0 Å². The van der Waals surface area contributed by atoms with Crippen LogP contribution in [0.3, 0.4) is 0 Å². The molecule has 0 radical (unpaired) electrons. The summed E-state index contributed by atoms with van der Waals surface area (Å²) >= 11 is 0. The lowest BCUT2D eigenvalue weighted by molar-refractivity contribution is 1.16. The molecule has 0 aliphatic rings. The van der Waals surface area contributed by atoms with Gasteiger partial charge in [0.1, 0.15) is 5.52 Å². The van der Waals surface area contributed by atoms with Crippen molar-refractivity contribution in [3.8, 4) is 11.3 Å². The van der Waals surface area contributed by atoms with E-state index in [0.29, 0.717) is 17.5 Å². The highest BCUT2D eigenvalue weighted by Crippen LogP contribution is 2.28. The summed E-state index contributed by atoms with van der Waals surface area (Å²) in [5.41, 5.74) is 4.04. The standard InChI is InChI=1S/C15H13N3O/c1-2-6-11-12(10-7-4-3-5-8-10)18-14-13(11)16-9-17-15(14)19/h2-5,7-9,18H,1,6H2,(H,16,17,19). The molecule has 0 aliphatic carbocycles. The fourth-order valence-corrected chi connectivity index (χ4v) is 2.26. The Bertz CT molecular complexity index is 784. The van der Waals surface area contributed by atoms with Crippen LogP contribution in [0.15, 0.2) is 54.1 Å². The Labute approximate surface area is 109 Å². The number of nitrogens with one attached hydrogen (secondary N) is 2. The van der Waals surface area contributed by atoms with Gasteiger partial charge in [-0.15, -0.1) is 6.58 Å². The quantitative estimate of drug-likeness (QED) is 0.703. The van der Waals surface area contributed by atoms with Crippen LogP contribution in [-0.4, -0.2) is 15.0 Å². The smallest absolute Gasteiger partial charge is 0.275 e. The minimum atomic E-state index is -0.155. The molecule has 0 spiro atoms. The summed E-state index contributed by atoms with van der Waals surface area (Å²) in [5, 5.41) is 0. The van der Waals surface area contributed by atoms with E-state index in [1.807, 2.05) is 36.4 Å². The number of allylic oxidation sites excluding steroid dienone is 1. The number of H-pyrrole nitrogens is 2. The molecule has 0 aliphatic heterocycles. The van der Waals surface area contributed by atoms with Crippen LogP contribution in [0.1, 0.15) is 5.56 Å². The van der Waals surface area contributed by atoms with Crippen molar-refractivity contribution < 1.29 is 0 Å². The molecule has 4 nitrogen and oxygen atoms in total. The molecule has 2 aromatic heterocycles. The van der Waals surface area contributed by atoms with Crippen LogP contribution < -0.4 is 5.56 Å². The van der Waals surface area contributed by atoms with Gasteiger partial charge in [0.25, 0.3) is 5.56 Å². The number of rotatable bonds is 3. The molecule has 94 valence electrons. The van der Waals surface area contributed by atoms with Gasteiger partial charge in [0.05, 0.1) is 17.5 Å². The predicted octanol–water partition coefficient (Wildman–Crippen LogP) is 2.65. The zero-order chi connectivity index (χ0) is 13.2. The SMILES string of the molecule is C=CCc1c(-c2ccccc2)[nH]c2c(=O)[nH]cnc12. The van der Waals surface area contributed by atoms with Crippen LogP contribution in [0.5, 0.6) is 0 Å². The van der Waals surface area contributed by atoms with Gasteiger partial charge >= 0.3 is 0 Å². The van der Waals surface area contributed by atoms with Gasteiger partial charge in [-0.1, -0.05) is 36.4 Å². The largest absolute Gasteiger partial charge is 0.348 e. The Kier molecular flexibility index (Phi) is 2.76. The molecule has 0 saturated heterocycles. The molecular formula is C15H13N3O. The predicted molar refractivity (Wildman–Crippen MR) is 76.1 cm³/mol. The van der Waals surface area contributed by atoms with Gasteiger partial charge in [0, 0.05) is 5.56 Å². The Balaban J connectivity index is 2.35. The summed E-state index contributed by atoms with van der Waals surface area (Å²) in [7, 11) is 0. The molecule has 2 N–H and O–H groups in total. The van der Waals surface area contributed by atoms with Gasteiger partial charge in [-0.3, -0.25) is 4.79 Å². The zero-order valence-electron chi connectivity index (χ0n) is 10.3. The van der Waals surface area contributed by atoms with Gasteiger partial charge in [-0.25, -0.2) is 4.98 Å². The van der Waals surface area contributed by atoms with Gasteiger partial charge in [0.15, 0.2) is 0 Å². The summed E-state index contributed by atoms with van der Waals surface area (Å²) < 4.78 is 0. The molecule has 3 aromatic rings. The third-order valence-electron chi connectivity index (χ3n) is 3.10. The number of aromatic amines is 2. The molecule has 0 saturated carbocycles. The van der Waals surface area contributed by atoms with E-state index in [0.717, 1.165) is 16.8 Å². The Morgan fingerprint density at radius 3 is 2.79 bits per heavy atom. The van der Waals surface area contributed by atoms with E-state index in [2.05, 4.69) is 21.5 Å². The summed E-state index contributed by atoms with van der Waals surface area (Å²) in [6, 6.07) is 9.91. The van der Waals surface area contributed by atoms with Crippen LogP contribution in [0.2, 0.25) is 0 Å². The van der Waals surface area contributed by atoms with E-state index in [-0.39, 0.29) is 5.56 Å². The number of hydrogen-bond donors (Lipinski definition) is 2. The van der Waals surface area contributed by atoms with Crippen LogP contribution in [0, 0.1) is 0 Å². The van der Waals surface area contributed by atoms with Gasteiger partial charge in [-0.2, -0.15) is 0 Å². The molecule has 0 atom stereocenters. The molecule has 19 heavy (non-hydrogen) atoms. The first-order valence-electron chi connectivity index (χ1n) is 6.06. The normalized spacial score (nSPS) is 10.7. The van der Waals surface area contributed by atoms with Crippen molar-refractivity contribution in [2.24, 2.45) is 0 Å². The summed E-state index contributed by atoms with van der Waals surface area (Å²) in [5.74, 6) is 0. The highest BCUT2D eigenvalue weighted by atomic mass is 16.1. The van der Waals surface area contributed by atoms with Crippen molar-refractivity contribution in [1.29, 1.82) is 0 Å². The molecule has 0 amide bonds. The topological polar surface area (TPSA) is 61.5 Å². The van der Waals surface area contributed by atoms with Crippen molar-refractivity contribution in [2.75, 3.05) is 0 Å². The maximum absolute atomic E-state index is 11.8. The van der Waals surface area contributed by atoms with E-state index in [4.69, 9.17) is 0 Å². The Hall–Kier alpha value is -2.62. The average molecular weight is 251 g/mol. The lowest BCUT2D eigenvalue weighted by Crippen LogP contribution is -2.05. The lowest BCUT2D eigenvalue weighted by Gasteiger charge is -2.01. The first-order chi connectivity index (χ1) is 9.31. The lowest BCUT2D eigenvalue weighted by atomic mass is 10.1. The molecule has 0 unspecified atom stereocenters. The fraction of sp³-hybridized carbons (Fsp3) is 0.0667. The first kappa shape index (κ1) is 11.5. The Morgan fingerprint density at radius 2 is 2.05 bits per heavy atom. The van der Waals surface area contributed by atoms with Gasteiger partial charge in [-0.05, 0) is 12.0 Å². The van der Waals surface area contributed by atoms with E-state index in [9.17, 15) is 4.79 Å². The molecule has 3 rings (SSSR count). The van der Waals surface area contributed by atoms with Gasteiger partial charge < -0.3 is 9.97 Å². The van der Waals surface area contributed by atoms with E-state index in [1.165, 1.54) is 6.33 Å². The van der Waals surface area contributed by atoms with Crippen molar-refractivity contribution in [1.82, 2.24) is 15.0 Å². The molecule has 0 fully saturated rings. The Morgan fingerprint density at radius 1 is 1.26 bits per heavy atom. The summed E-state index contributed by atoms with van der Waals surface area (Å²) in [6.45, 7) is 3.77. The highest BCUT2D eigenvalue weighted by Gasteiger charge is 2.14. The van der Waals surface area contributed by atoms with Crippen LogP contribution >= 0.6 is 0 Å². The fourth-order valence-electron chi connectivity index (χ4n) is 2.26. The number of fused-ring (bicyclic) bond motifs is 1. The third-order valence-corrected chi connectivity index (χ3v) is 3.10. The van der Waals surface area contributed by atoms with E-state index in [1.54, 1.807) is 0 Å². The molecule has 4 heteroatoms. The minimum absolute atomic E-state index is 0.155. The molecule has 1 aromatic carbocycles. The minimum Gasteiger partial charge on any atom is -0.348 e. The maximum atomic E-state index is 11.8. The molecular weight excluding hydrogens is 238 g/mol. The number of nitrogens with zero attached hydrogens (tertiary/aromatic N) is 1. The van der Waals surface area contributed by atoms with Crippen LogP contribution in [-0.2, 0) is 6.42 Å². The summed E-state index contributed by atoms with van der Waals surface area (Å²) in [6.07, 6.45) is 3.92. The average Bonchev–Trinajstić information content (AvgIpc) is 2.81. The second kappa shape index (κ2) is 4.57. The van der Waals surface area contributed by atoms with E-state index >= 15 is 0 Å². The first-order valence-corrected chi connectivity index (χ1v) is 6.06. The molecule has 0 bridgehead atoms. The van der Waals surface area contributed by atoms with Crippen molar-refractivity contribution in [2.45, 2.75) is 6.42 Å². The third kappa shape index (κ3) is 1.87.